The Kier molecular flexibility index (Phi) is 10.3. The standard InChI is InChI=1S/C19H25F3N4O2.HI/c1-4-23-18(24-10-9-17-13(2)26-28-14(17)3)25-11-15-5-7-16(8-6-15)27-12-19(20,21)22;/h5-8H,4,9-12H2,1-3H3,(H2,23,24,25);1H. The number of benzene rings is 1. The van der Waals surface area contributed by atoms with Crippen molar-refractivity contribution in [2.24, 2.45) is 4.99 Å². The average molecular weight is 526 g/mol. The van der Waals surface area contributed by atoms with Gasteiger partial charge in [0.2, 0.25) is 0 Å². The highest BCUT2D eigenvalue weighted by Gasteiger charge is 2.28. The molecule has 0 amide bonds. The third-order valence-electron chi connectivity index (χ3n) is 3.94. The quantitative estimate of drug-likeness (QED) is 0.308. The Morgan fingerprint density at radius 2 is 1.86 bits per heavy atom. The second-order valence-corrected chi connectivity index (χ2v) is 6.22. The molecular formula is C19H26F3IN4O2. The number of halogens is 4. The maximum absolute atomic E-state index is 12.2. The lowest BCUT2D eigenvalue weighted by Crippen LogP contribution is -2.38. The Balaban J connectivity index is 0.00000420. The first-order valence-corrected chi connectivity index (χ1v) is 9.01. The summed E-state index contributed by atoms with van der Waals surface area (Å²) in [6.07, 6.45) is -3.59. The molecule has 0 spiro atoms. The van der Waals surface area contributed by atoms with E-state index in [1.54, 1.807) is 12.1 Å². The summed E-state index contributed by atoms with van der Waals surface area (Å²) >= 11 is 0. The second kappa shape index (κ2) is 11.9. The minimum Gasteiger partial charge on any atom is -0.484 e. The molecule has 0 saturated heterocycles. The Morgan fingerprint density at radius 3 is 2.41 bits per heavy atom. The summed E-state index contributed by atoms with van der Waals surface area (Å²) in [6, 6.07) is 6.41. The predicted octanol–water partition coefficient (Wildman–Crippen LogP) is 4.15. The summed E-state index contributed by atoms with van der Waals surface area (Å²) < 4.78 is 46.4. The van der Waals surface area contributed by atoms with Gasteiger partial charge in [-0.05, 0) is 44.9 Å². The molecule has 0 bridgehead atoms. The summed E-state index contributed by atoms with van der Waals surface area (Å²) in [5, 5.41) is 10.4. The van der Waals surface area contributed by atoms with Crippen LogP contribution < -0.4 is 15.4 Å². The SMILES string of the molecule is CCNC(=NCc1ccc(OCC(F)(F)F)cc1)NCCc1c(C)noc1C.I. The van der Waals surface area contributed by atoms with Crippen LogP contribution in [0, 0.1) is 13.8 Å². The van der Waals surface area contributed by atoms with Gasteiger partial charge in [-0.1, -0.05) is 17.3 Å². The first-order valence-electron chi connectivity index (χ1n) is 9.01. The fourth-order valence-electron chi connectivity index (χ4n) is 2.53. The van der Waals surface area contributed by atoms with Gasteiger partial charge in [0.1, 0.15) is 11.5 Å². The van der Waals surface area contributed by atoms with Crippen molar-refractivity contribution in [3.05, 3.63) is 46.8 Å². The van der Waals surface area contributed by atoms with E-state index in [4.69, 9.17) is 9.26 Å². The summed E-state index contributed by atoms with van der Waals surface area (Å²) in [5.74, 6) is 1.65. The summed E-state index contributed by atoms with van der Waals surface area (Å²) in [7, 11) is 0. The van der Waals surface area contributed by atoms with Gasteiger partial charge in [0.05, 0.1) is 12.2 Å². The first kappa shape index (κ1) is 25.1. The number of hydrogen-bond donors (Lipinski definition) is 2. The van der Waals surface area contributed by atoms with Gasteiger partial charge in [-0.3, -0.25) is 0 Å². The van der Waals surface area contributed by atoms with E-state index in [1.165, 1.54) is 12.1 Å². The number of aliphatic imine (C=N–C) groups is 1. The molecule has 0 aliphatic heterocycles. The Bertz CT molecular complexity index is 757. The van der Waals surface area contributed by atoms with Crippen molar-refractivity contribution in [1.82, 2.24) is 15.8 Å². The third kappa shape index (κ3) is 8.92. The predicted molar refractivity (Wildman–Crippen MR) is 116 cm³/mol. The molecule has 2 N–H and O–H groups in total. The molecule has 0 atom stereocenters. The van der Waals surface area contributed by atoms with Crippen LogP contribution in [0.3, 0.4) is 0 Å². The lowest BCUT2D eigenvalue weighted by molar-refractivity contribution is -0.153. The van der Waals surface area contributed by atoms with Crippen LogP contribution in [-0.2, 0) is 13.0 Å². The number of hydrogen-bond acceptors (Lipinski definition) is 4. The van der Waals surface area contributed by atoms with E-state index in [2.05, 4.69) is 20.8 Å². The van der Waals surface area contributed by atoms with Crippen LogP contribution in [0.5, 0.6) is 5.75 Å². The lowest BCUT2D eigenvalue weighted by Gasteiger charge is -2.12. The number of ether oxygens (including phenoxy) is 1. The second-order valence-electron chi connectivity index (χ2n) is 6.22. The summed E-state index contributed by atoms with van der Waals surface area (Å²) in [6.45, 7) is 6.23. The molecule has 2 rings (SSSR count). The van der Waals surface area contributed by atoms with Crippen molar-refractivity contribution in [2.45, 2.75) is 39.9 Å². The van der Waals surface area contributed by atoms with Crippen molar-refractivity contribution in [1.29, 1.82) is 0 Å². The van der Waals surface area contributed by atoms with Crippen molar-refractivity contribution >= 4 is 29.9 Å². The molecule has 0 unspecified atom stereocenters. The molecule has 6 nitrogen and oxygen atoms in total. The molecule has 0 radical (unpaired) electrons. The smallest absolute Gasteiger partial charge is 0.422 e. The van der Waals surface area contributed by atoms with Gasteiger partial charge in [0, 0.05) is 18.7 Å². The van der Waals surface area contributed by atoms with Crippen LogP contribution in [0.15, 0.2) is 33.8 Å². The monoisotopic (exact) mass is 526 g/mol. The molecule has 10 heteroatoms. The van der Waals surface area contributed by atoms with Crippen LogP contribution in [0.4, 0.5) is 13.2 Å². The van der Waals surface area contributed by atoms with Crippen LogP contribution >= 0.6 is 24.0 Å². The maximum atomic E-state index is 12.2. The fraction of sp³-hybridized carbons (Fsp3) is 0.474. The molecule has 0 aliphatic rings. The third-order valence-corrected chi connectivity index (χ3v) is 3.94. The van der Waals surface area contributed by atoms with Gasteiger partial charge in [-0.25, -0.2) is 4.99 Å². The van der Waals surface area contributed by atoms with Gasteiger partial charge in [-0.15, -0.1) is 24.0 Å². The van der Waals surface area contributed by atoms with Gasteiger partial charge in [0.25, 0.3) is 0 Å². The van der Waals surface area contributed by atoms with E-state index in [9.17, 15) is 13.2 Å². The molecule has 1 aromatic heterocycles. The highest BCUT2D eigenvalue weighted by molar-refractivity contribution is 14.0. The first-order chi connectivity index (χ1) is 13.3. The van der Waals surface area contributed by atoms with Gasteiger partial charge < -0.3 is 19.9 Å². The molecule has 0 fully saturated rings. The Hall–Kier alpha value is -1.98. The lowest BCUT2D eigenvalue weighted by atomic mass is 10.1. The average Bonchev–Trinajstić information content (AvgIpc) is 2.96. The van der Waals surface area contributed by atoms with E-state index in [-0.39, 0.29) is 29.7 Å². The van der Waals surface area contributed by atoms with E-state index < -0.39 is 12.8 Å². The zero-order valence-electron chi connectivity index (χ0n) is 16.6. The minimum atomic E-state index is -4.35. The van der Waals surface area contributed by atoms with E-state index >= 15 is 0 Å². The van der Waals surface area contributed by atoms with Gasteiger partial charge in [-0.2, -0.15) is 13.2 Å². The number of rotatable bonds is 8. The van der Waals surface area contributed by atoms with Crippen molar-refractivity contribution in [3.63, 3.8) is 0 Å². The minimum absolute atomic E-state index is 0. The molecule has 2 aromatic rings. The highest BCUT2D eigenvalue weighted by Crippen LogP contribution is 2.19. The van der Waals surface area contributed by atoms with Crippen molar-refractivity contribution in [2.75, 3.05) is 19.7 Å². The van der Waals surface area contributed by atoms with Crippen LogP contribution in [0.2, 0.25) is 0 Å². The van der Waals surface area contributed by atoms with Gasteiger partial charge >= 0.3 is 6.18 Å². The molecule has 1 heterocycles. The molecule has 29 heavy (non-hydrogen) atoms. The number of aryl methyl sites for hydroxylation is 2. The van der Waals surface area contributed by atoms with Crippen LogP contribution in [0.1, 0.15) is 29.5 Å². The number of alkyl halides is 3. The van der Waals surface area contributed by atoms with E-state index in [0.29, 0.717) is 25.6 Å². The molecule has 162 valence electrons. The van der Waals surface area contributed by atoms with Crippen molar-refractivity contribution in [3.8, 4) is 5.75 Å². The highest BCUT2D eigenvalue weighted by atomic mass is 127. The molecule has 0 saturated carbocycles. The zero-order valence-corrected chi connectivity index (χ0v) is 18.9. The Morgan fingerprint density at radius 1 is 1.17 bits per heavy atom. The van der Waals surface area contributed by atoms with E-state index in [0.717, 1.165) is 29.0 Å². The van der Waals surface area contributed by atoms with Gasteiger partial charge in [0.15, 0.2) is 12.6 Å². The summed E-state index contributed by atoms with van der Waals surface area (Å²) in [4.78, 5) is 4.50. The van der Waals surface area contributed by atoms with Crippen molar-refractivity contribution < 1.29 is 22.4 Å². The molecule has 1 aromatic carbocycles. The number of nitrogens with zero attached hydrogens (tertiary/aromatic N) is 2. The zero-order chi connectivity index (χ0) is 20.6. The topological polar surface area (TPSA) is 71.7 Å². The maximum Gasteiger partial charge on any atom is 0.422 e. The summed E-state index contributed by atoms with van der Waals surface area (Å²) in [5.41, 5.74) is 2.83. The number of aromatic nitrogens is 1. The molecule has 0 aliphatic carbocycles. The number of guanidine groups is 1. The van der Waals surface area contributed by atoms with Crippen LogP contribution in [0.25, 0.3) is 0 Å². The Labute approximate surface area is 185 Å². The normalized spacial score (nSPS) is 11.7. The fourth-order valence-corrected chi connectivity index (χ4v) is 2.53. The molecular weight excluding hydrogens is 500 g/mol. The van der Waals surface area contributed by atoms with E-state index in [1.807, 2.05) is 20.8 Å². The number of nitrogens with one attached hydrogen (secondary N) is 2. The van der Waals surface area contributed by atoms with Crippen LogP contribution in [-0.4, -0.2) is 37.0 Å². The largest absolute Gasteiger partial charge is 0.484 e.